The fraction of sp³-hybridized carbons (Fsp3) is 0.417. The average Bonchev–Trinajstić information content (AvgIpc) is 2.49. The minimum absolute atomic E-state index is 0.264. The van der Waals surface area contributed by atoms with Crippen molar-refractivity contribution >= 4 is 5.97 Å². The summed E-state index contributed by atoms with van der Waals surface area (Å²) in [6.07, 6.45) is 0.605. The van der Waals surface area contributed by atoms with E-state index in [2.05, 4.69) is 0 Å². The third-order valence-corrected chi connectivity index (χ3v) is 2.64. The van der Waals surface area contributed by atoms with Gasteiger partial charge in [0.2, 0.25) is 0 Å². The maximum absolute atomic E-state index is 11.1. The molecule has 4 nitrogen and oxygen atoms in total. The van der Waals surface area contributed by atoms with Gasteiger partial charge in [-0.05, 0) is 19.9 Å². The van der Waals surface area contributed by atoms with Gasteiger partial charge in [-0.15, -0.1) is 0 Å². The number of fused-ring (bicyclic) bond motifs is 1. The minimum Gasteiger partial charge on any atom is -0.497 e. The maximum atomic E-state index is 11.1. The third-order valence-electron chi connectivity index (χ3n) is 2.64. The molecule has 0 atom stereocenters. The molecule has 1 aromatic carbocycles. The van der Waals surface area contributed by atoms with Gasteiger partial charge in [0.05, 0.1) is 12.7 Å². The van der Waals surface area contributed by atoms with Crippen LogP contribution in [0.2, 0.25) is 0 Å². The van der Waals surface area contributed by atoms with Crippen LogP contribution in [-0.4, -0.2) is 23.8 Å². The van der Waals surface area contributed by atoms with Crippen LogP contribution in [0.3, 0.4) is 0 Å². The molecule has 0 bridgehead atoms. The van der Waals surface area contributed by atoms with Crippen LogP contribution in [0, 0.1) is 0 Å². The molecular formula is C12H14O4. The fourth-order valence-electron chi connectivity index (χ4n) is 1.96. The quantitative estimate of drug-likeness (QED) is 0.832. The number of ether oxygens (including phenoxy) is 2. The largest absolute Gasteiger partial charge is 0.497 e. The molecule has 0 radical (unpaired) electrons. The van der Waals surface area contributed by atoms with Crippen LogP contribution in [0.1, 0.15) is 29.8 Å². The highest BCUT2D eigenvalue weighted by molar-refractivity contribution is 5.91. The van der Waals surface area contributed by atoms with Crippen LogP contribution < -0.4 is 9.47 Å². The summed E-state index contributed by atoms with van der Waals surface area (Å²) < 4.78 is 10.7. The number of aromatic carboxylic acids is 1. The van der Waals surface area contributed by atoms with Crippen molar-refractivity contribution in [2.75, 3.05) is 7.11 Å². The minimum atomic E-state index is -0.948. The van der Waals surface area contributed by atoms with Crippen LogP contribution in [0.5, 0.6) is 11.5 Å². The zero-order chi connectivity index (χ0) is 11.9. The molecule has 4 heteroatoms. The predicted molar refractivity (Wildman–Crippen MR) is 58.4 cm³/mol. The Bertz CT molecular complexity index is 449. The summed E-state index contributed by atoms with van der Waals surface area (Å²) in [4.78, 5) is 11.1. The Morgan fingerprint density at radius 2 is 2.19 bits per heavy atom. The zero-order valence-corrected chi connectivity index (χ0v) is 9.53. The van der Waals surface area contributed by atoms with Gasteiger partial charge in [0.15, 0.2) is 0 Å². The highest BCUT2D eigenvalue weighted by Crippen LogP contribution is 2.39. The molecule has 1 aliphatic rings. The summed E-state index contributed by atoms with van der Waals surface area (Å²) >= 11 is 0. The fourth-order valence-corrected chi connectivity index (χ4v) is 1.96. The van der Waals surface area contributed by atoms with Gasteiger partial charge in [-0.2, -0.15) is 0 Å². The van der Waals surface area contributed by atoms with Crippen molar-refractivity contribution in [2.45, 2.75) is 25.9 Å². The van der Waals surface area contributed by atoms with Gasteiger partial charge in [0, 0.05) is 18.1 Å². The van der Waals surface area contributed by atoms with Gasteiger partial charge >= 0.3 is 5.97 Å². The summed E-state index contributed by atoms with van der Waals surface area (Å²) in [6, 6.07) is 3.27. The van der Waals surface area contributed by atoms with Crippen molar-refractivity contribution in [3.63, 3.8) is 0 Å². The molecule has 0 saturated heterocycles. The van der Waals surface area contributed by atoms with Crippen LogP contribution in [0.15, 0.2) is 12.1 Å². The monoisotopic (exact) mass is 222 g/mol. The van der Waals surface area contributed by atoms with Gasteiger partial charge in [-0.25, -0.2) is 4.79 Å². The topological polar surface area (TPSA) is 55.8 Å². The lowest BCUT2D eigenvalue weighted by atomic mass is 9.97. The van der Waals surface area contributed by atoms with E-state index in [0.29, 0.717) is 17.9 Å². The first-order chi connectivity index (χ1) is 7.43. The van der Waals surface area contributed by atoms with E-state index in [9.17, 15) is 4.79 Å². The molecule has 16 heavy (non-hydrogen) atoms. The molecule has 1 aliphatic heterocycles. The summed E-state index contributed by atoms with van der Waals surface area (Å²) in [5.74, 6) is 0.173. The Morgan fingerprint density at radius 3 is 2.75 bits per heavy atom. The van der Waals surface area contributed by atoms with Crippen molar-refractivity contribution < 1.29 is 19.4 Å². The smallest absolute Gasteiger partial charge is 0.336 e. The Balaban J connectivity index is 2.56. The first-order valence-corrected chi connectivity index (χ1v) is 5.06. The van der Waals surface area contributed by atoms with Crippen molar-refractivity contribution in [3.8, 4) is 11.5 Å². The molecule has 0 fully saturated rings. The van der Waals surface area contributed by atoms with Crippen LogP contribution in [-0.2, 0) is 6.42 Å². The Kier molecular flexibility index (Phi) is 2.30. The van der Waals surface area contributed by atoms with Crippen LogP contribution in [0.4, 0.5) is 0 Å². The van der Waals surface area contributed by atoms with Gasteiger partial charge in [0.25, 0.3) is 0 Å². The molecule has 0 unspecified atom stereocenters. The lowest BCUT2D eigenvalue weighted by molar-refractivity contribution is 0.0695. The first kappa shape index (κ1) is 10.8. The van der Waals surface area contributed by atoms with Gasteiger partial charge in [-0.1, -0.05) is 0 Å². The molecular weight excluding hydrogens is 208 g/mol. The Morgan fingerprint density at radius 1 is 1.50 bits per heavy atom. The number of carbonyl (C=O) groups is 1. The van der Waals surface area contributed by atoms with Crippen molar-refractivity contribution in [1.82, 2.24) is 0 Å². The number of methoxy groups -OCH3 is 1. The molecule has 1 N–H and O–H groups in total. The van der Waals surface area contributed by atoms with Crippen molar-refractivity contribution in [2.24, 2.45) is 0 Å². The molecule has 86 valence electrons. The first-order valence-electron chi connectivity index (χ1n) is 5.06. The van der Waals surface area contributed by atoms with E-state index in [1.165, 1.54) is 13.2 Å². The second kappa shape index (κ2) is 3.40. The SMILES string of the molecule is COc1cc2c(c(C(=O)O)c1)CC(C)(C)O2. The van der Waals surface area contributed by atoms with Crippen LogP contribution >= 0.6 is 0 Å². The average molecular weight is 222 g/mol. The van der Waals surface area contributed by atoms with Gasteiger partial charge in [-0.3, -0.25) is 0 Å². The molecule has 0 amide bonds. The number of benzene rings is 1. The molecule has 1 aromatic rings. The van der Waals surface area contributed by atoms with E-state index < -0.39 is 5.97 Å². The molecule has 2 rings (SSSR count). The number of hydrogen-bond acceptors (Lipinski definition) is 3. The molecule has 0 spiro atoms. The number of carboxylic acid groups (broad SMARTS) is 1. The highest BCUT2D eigenvalue weighted by atomic mass is 16.5. The molecule has 0 saturated carbocycles. The summed E-state index contributed by atoms with van der Waals surface area (Å²) in [5, 5.41) is 9.13. The Labute approximate surface area is 93.8 Å². The number of hydrogen-bond donors (Lipinski definition) is 1. The van der Waals surface area contributed by atoms with Crippen molar-refractivity contribution in [3.05, 3.63) is 23.3 Å². The van der Waals surface area contributed by atoms with E-state index in [-0.39, 0.29) is 11.2 Å². The molecule has 1 heterocycles. The lowest BCUT2D eigenvalue weighted by Crippen LogP contribution is -2.24. The zero-order valence-electron chi connectivity index (χ0n) is 9.53. The summed E-state index contributed by atoms with van der Waals surface area (Å²) in [5.41, 5.74) is 0.664. The second-order valence-electron chi connectivity index (χ2n) is 4.50. The van der Waals surface area contributed by atoms with E-state index in [1.54, 1.807) is 6.07 Å². The molecule has 0 aliphatic carbocycles. The van der Waals surface area contributed by atoms with E-state index in [1.807, 2.05) is 13.8 Å². The van der Waals surface area contributed by atoms with Gasteiger partial charge in [0.1, 0.15) is 17.1 Å². The maximum Gasteiger partial charge on any atom is 0.336 e. The van der Waals surface area contributed by atoms with E-state index in [0.717, 1.165) is 5.56 Å². The third kappa shape index (κ3) is 1.71. The number of carboxylic acids is 1. The van der Waals surface area contributed by atoms with E-state index in [4.69, 9.17) is 14.6 Å². The second-order valence-corrected chi connectivity index (χ2v) is 4.50. The van der Waals surface area contributed by atoms with Crippen molar-refractivity contribution in [1.29, 1.82) is 0 Å². The summed E-state index contributed by atoms with van der Waals surface area (Å²) in [6.45, 7) is 3.87. The predicted octanol–water partition coefficient (Wildman–Crippen LogP) is 2.11. The number of rotatable bonds is 2. The Hall–Kier alpha value is -1.71. The van der Waals surface area contributed by atoms with Crippen LogP contribution in [0.25, 0.3) is 0 Å². The normalized spacial score (nSPS) is 16.4. The summed E-state index contributed by atoms with van der Waals surface area (Å²) in [7, 11) is 1.51. The van der Waals surface area contributed by atoms with E-state index >= 15 is 0 Å². The highest BCUT2D eigenvalue weighted by Gasteiger charge is 2.34. The molecule has 0 aromatic heterocycles. The van der Waals surface area contributed by atoms with Gasteiger partial charge < -0.3 is 14.6 Å². The lowest BCUT2D eigenvalue weighted by Gasteiger charge is -2.16. The standard InChI is InChI=1S/C12H14O4/c1-12(2)6-9-8(11(13)14)4-7(15-3)5-10(9)16-12/h4-5H,6H2,1-3H3,(H,13,14).